The van der Waals surface area contributed by atoms with Gasteiger partial charge in [0.15, 0.2) is 0 Å². The molecule has 0 fully saturated rings. The minimum absolute atomic E-state index is 0.348. The van der Waals surface area contributed by atoms with Crippen LogP contribution in [0, 0.1) is 0 Å². The van der Waals surface area contributed by atoms with Crippen LogP contribution in [-0.2, 0) is 4.74 Å². The molecule has 2 N–H and O–H groups in total. The van der Waals surface area contributed by atoms with Gasteiger partial charge in [-0.25, -0.2) is 0 Å². The summed E-state index contributed by atoms with van der Waals surface area (Å²) in [6.45, 7) is 6.27. The Kier molecular flexibility index (Phi) is 3.68. The first-order valence-electron chi connectivity index (χ1n) is 4.38. The molecule has 1 rings (SSSR count). The van der Waals surface area contributed by atoms with Crippen molar-refractivity contribution in [1.82, 2.24) is 0 Å². The Morgan fingerprint density at radius 1 is 1.54 bits per heavy atom. The molecule has 0 amide bonds. The van der Waals surface area contributed by atoms with E-state index in [0.29, 0.717) is 6.61 Å². The van der Waals surface area contributed by atoms with Gasteiger partial charge in [-0.2, -0.15) is 0 Å². The Labute approximate surface area is 79.0 Å². The van der Waals surface area contributed by atoms with E-state index in [9.17, 15) is 0 Å². The lowest BCUT2D eigenvalue weighted by molar-refractivity contribution is 0.0673. The van der Waals surface area contributed by atoms with Gasteiger partial charge in [-0.1, -0.05) is 36.9 Å². The lowest BCUT2D eigenvalue weighted by Gasteiger charge is -2.14. The Hall–Kier alpha value is -1.12. The first kappa shape index (κ1) is 9.96. The smallest absolute Gasteiger partial charge is 0.132 e. The van der Waals surface area contributed by atoms with Crippen molar-refractivity contribution in [3.8, 4) is 0 Å². The van der Waals surface area contributed by atoms with Crippen LogP contribution < -0.4 is 5.73 Å². The standard InChI is InChI=1S/C11H15NO/c1-3-9-7-5-6-8-10(9)11(12)13-4-2/h3,5-8,11H,1,4,12H2,2H3. The average Bonchev–Trinajstić information content (AvgIpc) is 2.18. The predicted octanol–water partition coefficient (Wildman–Crippen LogP) is 2.32. The Bertz CT molecular complexity index is 283. The van der Waals surface area contributed by atoms with E-state index in [-0.39, 0.29) is 6.23 Å². The van der Waals surface area contributed by atoms with Crippen LogP contribution in [0.5, 0.6) is 0 Å². The minimum atomic E-state index is -0.348. The van der Waals surface area contributed by atoms with Gasteiger partial charge < -0.3 is 10.5 Å². The van der Waals surface area contributed by atoms with Crippen molar-refractivity contribution < 1.29 is 4.74 Å². The molecule has 0 aliphatic heterocycles. The number of nitrogens with two attached hydrogens (primary N) is 1. The topological polar surface area (TPSA) is 35.2 Å². The third-order valence-corrected chi connectivity index (χ3v) is 1.87. The van der Waals surface area contributed by atoms with Crippen LogP contribution in [0.15, 0.2) is 30.8 Å². The zero-order valence-electron chi connectivity index (χ0n) is 7.86. The van der Waals surface area contributed by atoms with E-state index in [1.807, 2.05) is 31.2 Å². The van der Waals surface area contributed by atoms with Crippen molar-refractivity contribution in [3.63, 3.8) is 0 Å². The normalized spacial score (nSPS) is 12.5. The highest BCUT2D eigenvalue weighted by molar-refractivity contribution is 5.52. The van der Waals surface area contributed by atoms with Crippen molar-refractivity contribution in [2.24, 2.45) is 5.73 Å². The molecule has 1 atom stereocenters. The highest BCUT2D eigenvalue weighted by Gasteiger charge is 2.07. The van der Waals surface area contributed by atoms with E-state index in [1.54, 1.807) is 6.08 Å². The summed E-state index contributed by atoms with van der Waals surface area (Å²) in [4.78, 5) is 0. The summed E-state index contributed by atoms with van der Waals surface area (Å²) in [5.74, 6) is 0. The second kappa shape index (κ2) is 4.80. The van der Waals surface area contributed by atoms with E-state index in [1.165, 1.54) is 0 Å². The van der Waals surface area contributed by atoms with Crippen LogP contribution in [0.2, 0.25) is 0 Å². The SMILES string of the molecule is C=Cc1ccccc1C(N)OCC. The second-order valence-corrected chi connectivity index (χ2v) is 2.71. The van der Waals surface area contributed by atoms with Crippen LogP contribution in [0.3, 0.4) is 0 Å². The van der Waals surface area contributed by atoms with E-state index in [4.69, 9.17) is 10.5 Å². The summed E-state index contributed by atoms with van der Waals surface area (Å²) in [6.07, 6.45) is 1.44. The quantitative estimate of drug-likeness (QED) is 0.716. The zero-order chi connectivity index (χ0) is 9.68. The second-order valence-electron chi connectivity index (χ2n) is 2.71. The van der Waals surface area contributed by atoms with Gasteiger partial charge in [-0.15, -0.1) is 0 Å². The largest absolute Gasteiger partial charge is 0.360 e. The molecule has 1 aromatic rings. The van der Waals surface area contributed by atoms with Gasteiger partial charge in [0.1, 0.15) is 6.23 Å². The molecule has 0 radical (unpaired) electrons. The fourth-order valence-corrected chi connectivity index (χ4v) is 1.23. The van der Waals surface area contributed by atoms with Crippen molar-refractivity contribution in [2.75, 3.05) is 6.61 Å². The molecular weight excluding hydrogens is 162 g/mol. The van der Waals surface area contributed by atoms with Crippen LogP contribution in [0.4, 0.5) is 0 Å². The van der Waals surface area contributed by atoms with Crippen LogP contribution in [-0.4, -0.2) is 6.61 Å². The lowest BCUT2D eigenvalue weighted by Crippen LogP contribution is -2.15. The Balaban J connectivity index is 2.91. The van der Waals surface area contributed by atoms with Gasteiger partial charge >= 0.3 is 0 Å². The molecule has 0 saturated carbocycles. The molecule has 0 spiro atoms. The van der Waals surface area contributed by atoms with E-state index in [0.717, 1.165) is 11.1 Å². The van der Waals surface area contributed by atoms with Gasteiger partial charge in [0.25, 0.3) is 0 Å². The maximum Gasteiger partial charge on any atom is 0.132 e. The molecule has 2 nitrogen and oxygen atoms in total. The maximum atomic E-state index is 5.81. The van der Waals surface area contributed by atoms with Crippen molar-refractivity contribution >= 4 is 6.08 Å². The summed E-state index contributed by atoms with van der Waals surface area (Å²) in [5.41, 5.74) is 7.83. The molecular formula is C11H15NO. The van der Waals surface area contributed by atoms with Crippen LogP contribution in [0.1, 0.15) is 24.3 Å². The first-order valence-corrected chi connectivity index (χ1v) is 4.38. The fourth-order valence-electron chi connectivity index (χ4n) is 1.23. The van der Waals surface area contributed by atoms with Crippen LogP contribution >= 0.6 is 0 Å². The van der Waals surface area contributed by atoms with Crippen molar-refractivity contribution in [2.45, 2.75) is 13.2 Å². The number of benzene rings is 1. The monoisotopic (exact) mass is 177 g/mol. The summed E-state index contributed by atoms with van der Waals surface area (Å²) in [6, 6.07) is 7.83. The lowest BCUT2D eigenvalue weighted by atomic mass is 10.1. The summed E-state index contributed by atoms with van der Waals surface area (Å²) < 4.78 is 5.30. The fraction of sp³-hybridized carbons (Fsp3) is 0.273. The molecule has 0 aromatic heterocycles. The number of rotatable bonds is 4. The van der Waals surface area contributed by atoms with Gasteiger partial charge in [0.2, 0.25) is 0 Å². The van der Waals surface area contributed by atoms with E-state index in [2.05, 4.69) is 6.58 Å². The van der Waals surface area contributed by atoms with Gasteiger partial charge in [-0.3, -0.25) is 0 Å². The molecule has 0 aliphatic carbocycles. The molecule has 70 valence electrons. The van der Waals surface area contributed by atoms with Gasteiger partial charge in [-0.05, 0) is 12.5 Å². The highest BCUT2D eigenvalue weighted by Crippen LogP contribution is 2.17. The predicted molar refractivity (Wildman–Crippen MR) is 55.1 cm³/mol. The molecule has 1 aromatic carbocycles. The zero-order valence-corrected chi connectivity index (χ0v) is 7.86. The minimum Gasteiger partial charge on any atom is -0.360 e. The third-order valence-electron chi connectivity index (χ3n) is 1.87. The summed E-state index contributed by atoms with van der Waals surface area (Å²) >= 11 is 0. The first-order chi connectivity index (χ1) is 6.29. The highest BCUT2D eigenvalue weighted by atomic mass is 16.5. The van der Waals surface area contributed by atoms with Crippen molar-refractivity contribution in [1.29, 1.82) is 0 Å². The number of hydrogen-bond acceptors (Lipinski definition) is 2. The maximum absolute atomic E-state index is 5.81. The summed E-state index contributed by atoms with van der Waals surface area (Å²) in [7, 11) is 0. The molecule has 13 heavy (non-hydrogen) atoms. The van der Waals surface area contributed by atoms with E-state index >= 15 is 0 Å². The number of hydrogen-bond donors (Lipinski definition) is 1. The Morgan fingerprint density at radius 2 is 2.23 bits per heavy atom. The molecule has 0 aliphatic rings. The Morgan fingerprint density at radius 3 is 2.85 bits per heavy atom. The van der Waals surface area contributed by atoms with Crippen LogP contribution in [0.25, 0.3) is 6.08 Å². The van der Waals surface area contributed by atoms with Gasteiger partial charge in [0, 0.05) is 12.2 Å². The summed E-state index contributed by atoms with van der Waals surface area (Å²) in [5, 5.41) is 0. The van der Waals surface area contributed by atoms with E-state index < -0.39 is 0 Å². The molecule has 2 heteroatoms. The molecule has 0 saturated heterocycles. The molecule has 0 heterocycles. The average molecular weight is 177 g/mol. The number of ether oxygens (including phenoxy) is 1. The molecule has 0 bridgehead atoms. The van der Waals surface area contributed by atoms with Gasteiger partial charge in [0.05, 0.1) is 0 Å². The third kappa shape index (κ3) is 2.41. The molecule has 1 unspecified atom stereocenters. The van der Waals surface area contributed by atoms with Crippen molar-refractivity contribution in [3.05, 3.63) is 42.0 Å².